The highest BCUT2D eigenvalue weighted by molar-refractivity contribution is 7.90. The third kappa shape index (κ3) is 17.2. The molecule has 0 saturated carbocycles. The van der Waals surface area contributed by atoms with Crippen LogP contribution in [0.3, 0.4) is 0 Å². The molecule has 17 nitrogen and oxygen atoms in total. The molecule has 2 aromatic carbocycles. The molecule has 4 rings (SSSR count). The van der Waals surface area contributed by atoms with E-state index in [1.54, 1.807) is 45.0 Å². The second kappa shape index (κ2) is 27.0. The fourth-order valence-corrected chi connectivity index (χ4v) is 9.22. The molecule has 2 aliphatic heterocycles. The Hall–Kier alpha value is -5.49. The van der Waals surface area contributed by atoms with Crippen LogP contribution in [0.5, 0.6) is 0 Å². The monoisotopic (exact) mass is 977 g/mol. The van der Waals surface area contributed by atoms with Gasteiger partial charge in [0, 0.05) is 25.8 Å². The highest BCUT2D eigenvalue weighted by Gasteiger charge is 2.41. The average Bonchev–Trinajstić information content (AvgIpc) is 3.80. The van der Waals surface area contributed by atoms with E-state index in [0.29, 0.717) is 24.8 Å². The smallest absolute Gasteiger partial charge is 0.246 e. The van der Waals surface area contributed by atoms with E-state index in [1.165, 1.54) is 11.2 Å². The number of carbonyl (C=O) groups is 8. The van der Waals surface area contributed by atoms with Gasteiger partial charge in [-0.2, -0.15) is 0 Å². The maximum absolute atomic E-state index is 14.7. The number of nitrogens with one attached hydrogen (secondary N) is 7. The Morgan fingerprint density at radius 2 is 1.00 bits per heavy atom. The summed E-state index contributed by atoms with van der Waals surface area (Å²) in [5.41, 5.74) is 1.45. The standard InChI is InChI=1S/C51H76N8O9S/c1-10-33(8)43-50(66)52-36(23-25-69(9)68)44(60)53-38(27-31(4)5)46(62)57-42(32(6)7)49(65)56-40(29-35-20-15-12-16-21-35)51(67)59-24-17-22-41(59)48(64)55-37(26-30(2)3)45(61)54-39(47(63)58-43)28-34-18-13-11-14-19-34/h11-16,18-21,30-33,36-43H,10,17,22-29H2,1-9H3,(H,52,66)(H,53,60)(H,54,61)(H,55,64)(H,56,65)(H,57,62)(H,58,63)/t33-,36?,37-,38-,39-,40-,41-,42-,43-,69?/m0/s1. The van der Waals surface area contributed by atoms with Crippen LogP contribution in [0, 0.1) is 23.7 Å². The zero-order valence-corrected chi connectivity index (χ0v) is 42.6. The minimum absolute atomic E-state index is 0.0235. The molecular weight excluding hydrogens is 901 g/mol. The number of hydrogen-bond donors (Lipinski definition) is 7. The molecule has 7 N–H and O–H groups in total. The van der Waals surface area contributed by atoms with Gasteiger partial charge in [-0.25, -0.2) is 0 Å². The summed E-state index contributed by atoms with van der Waals surface area (Å²) >= 11 is -1.38. The van der Waals surface area contributed by atoms with Crippen molar-refractivity contribution in [2.24, 2.45) is 23.7 Å². The molecule has 2 saturated heterocycles. The predicted octanol–water partition coefficient (Wildman–Crippen LogP) is 2.43. The summed E-state index contributed by atoms with van der Waals surface area (Å²) in [6.07, 6.45) is 3.03. The first-order chi connectivity index (χ1) is 32.7. The van der Waals surface area contributed by atoms with Crippen LogP contribution in [0.25, 0.3) is 0 Å². The van der Waals surface area contributed by atoms with Gasteiger partial charge in [0.15, 0.2) is 0 Å². The lowest BCUT2D eigenvalue weighted by atomic mass is 9.96. The summed E-state index contributed by atoms with van der Waals surface area (Å²) < 4.78 is 12.4. The van der Waals surface area contributed by atoms with Crippen LogP contribution in [0.2, 0.25) is 0 Å². The molecule has 8 amide bonds. The molecule has 0 bridgehead atoms. The Morgan fingerprint density at radius 1 is 0.565 bits per heavy atom. The van der Waals surface area contributed by atoms with Crippen LogP contribution >= 0.6 is 0 Å². The topological polar surface area (TPSA) is 247 Å². The zero-order chi connectivity index (χ0) is 50.9. The fraction of sp³-hybridized carbons (Fsp3) is 0.608. The predicted molar refractivity (Wildman–Crippen MR) is 265 cm³/mol. The van der Waals surface area contributed by atoms with E-state index in [1.807, 2.05) is 71.0 Å². The van der Waals surface area contributed by atoms with Crippen LogP contribution in [0.4, 0.5) is 0 Å². The first-order valence-electron chi connectivity index (χ1n) is 24.5. The minimum atomic E-state index is -1.38. The highest BCUT2D eigenvalue weighted by Crippen LogP contribution is 2.22. The maximum Gasteiger partial charge on any atom is 0.246 e. The molecule has 2 fully saturated rings. The number of nitrogens with zero attached hydrogens (tertiary/aromatic N) is 1. The van der Waals surface area contributed by atoms with Crippen molar-refractivity contribution in [3.63, 3.8) is 0 Å². The van der Waals surface area contributed by atoms with Gasteiger partial charge in [0.05, 0.1) is 6.26 Å². The maximum atomic E-state index is 14.7. The number of benzene rings is 2. The Kier molecular flexibility index (Phi) is 22.0. The first-order valence-corrected chi connectivity index (χ1v) is 26.2. The molecule has 2 aliphatic rings. The van der Waals surface area contributed by atoms with E-state index in [0.717, 1.165) is 5.56 Å². The molecule has 0 aromatic heterocycles. The van der Waals surface area contributed by atoms with Gasteiger partial charge in [-0.1, -0.05) is 134 Å². The molecule has 2 heterocycles. The van der Waals surface area contributed by atoms with Crippen LogP contribution < -0.4 is 37.2 Å². The van der Waals surface area contributed by atoms with Crippen molar-refractivity contribution >= 4 is 58.4 Å². The number of hydrogen-bond acceptors (Lipinski definition) is 9. The van der Waals surface area contributed by atoms with Crippen molar-refractivity contribution < 1.29 is 42.9 Å². The fourth-order valence-electron chi connectivity index (χ4n) is 8.65. The van der Waals surface area contributed by atoms with Gasteiger partial charge in [-0.05, 0) is 60.5 Å². The van der Waals surface area contributed by atoms with Crippen LogP contribution in [-0.4, -0.2) is 124 Å². The largest absolute Gasteiger partial charge is 0.617 e. The van der Waals surface area contributed by atoms with E-state index >= 15 is 0 Å². The molecule has 2 aromatic rings. The molecule has 10 atom stereocenters. The third-order valence-corrected chi connectivity index (χ3v) is 13.5. The lowest BCUT2D eigenvalue weighted by Crippen LogP contribution is -2.62. The quantitative estimate of drug-likeness (QED) is 0.137. The number of carbonyl (C=O) groups excluding carboxylic acids is 8. The Morgan fingerprint density at radius 3 is 1.52 bits per heavy atom. The Bertz CT molecular complexity index is 2060. The summed E-state index contributed by atoms with van der Waals surface area (Å²) in [6, 6.07) is 8.74. The Balaban J connectivity index is 1.84. The van der Waals surface area contributed by atoms with Gasteiger partial charge in [-0.15, -0.1) is 0 Å². The summed E-state index contributed by atoms with van der Waals surface area (Å²) in [5, 5.41) is 19.9. The van der Waals surface area contributed by atoms with Crippen molar-refractivity contribution in [1.82, 2.24) is 42.1 Å². The second-order valence-corrected chi connectivity index (χ2v) is 21.4. The molecule has 18 heteroatoms. The molecule has 0 aliphatic carbocycles. The molecule has 69 heavy (non-hydrogen) atoms. The van der Waals surface area contributed by atoms with Crippen molar-refractivity contribution in [2.45, 2.75) is 155 Å². The SMILES string of the molecule is CC[C@H](C)[C@@H]1NC(=O)[C@H](Cc2ccccc2)NC(=O)[C@H](CC(C)C)NC(=O)[C@@H]2CCCN2C(=O)[C@H](Cc2ccccc2)NC(=O)[C@H](C(C)C)NC(=O)[C@H](CC(C)C)NC(=O)C(CC[S+](C)[O-])NC1=O. The van der Waals surface area contributed by atoms with E-state index < -0.39 is 119 Å². The summed E-state index contributed by atoms with van der Waals surface area (Å²) in [6.45, 7) is 14.8. The van der Waals surface area contributed by atoms with E-state index in [2.05, 4.69) is 37.2 Å². The summed E-state index contributed by atoms with van der Waals surface area (Å²) in [5.74, 6) is -6.30. The van der Waals surface area contributed by atoms with Crippen molar-refractivity contribution in [3.05, 3.63) is 71.8 Å². The first kappa shape index (κ1) is 56.1. The average molecular weight is 977 g/mol. The normalized spacial score (nSPS) is 26.2. The van der Waals surface area contributed by atoms with E-state index in [-0.39, 0.29) is 56.2 Å². The summed E-state index contributed by atoms with van der Waals surface area (Å²) in [4.78, 5) is 117. The molecule has 0 spiro atoms. The van der Waals surface area contributed by atoms with E-state index in [4.69, 9.17) is 0 Å². The molecule has 380 valence electrons. The highest BCUT2D eigenvalue weighted by atomic mass is 32.2. The molecule has 2 unspecified atom stereocenters. The van der Waals surface area contributed by atoms with Crippen molar-refractivity contribution in [1.29, 1.82) is 0 Å². The second-order valence-electron chi connectivity index (χ2n) is 19.8. The lowest BCUT2D eigenvalue weighted by molar-refractivity contribution is -0.143. The number of fused-ring (bicyclic) bond motifs is 1. The third-order valence-electron chi connectivity index (χ3n) is 12.7. The number of rotatable bonds is 14. The van der Waals surface area contributed by atoms with Crippen LogP contribution in [0.1, 0.15) is 105 Å². The van der Waals surface area contributed by atoms with Gasteiger partial charge in [0.25, 0.3) is 0 Å². The van der Waals surface area contributed by atoms with Crippen molar-refractivity contribution in [2.75, 3.05) is 18.6 Å². The van der Waals surface area contributed by atoms with E-state index in [9.17, 15) is 42.9 Å². The summed E-state index contributed by atoms with van der Waals surface area (Å²) in [7, 11) is 0. The van der Waals surface area contributed by atoms with Gasteiger partial charge >= 0.3 is 0 Å². The van der Waals surface area contributed by atoms with Crippen LogP contribution in [0.15, 0.2) is 60.7 Å². The zero-order valence-electron chi connectivity index (χ0n) is 41.8. The van der Waals surface area contributed by atoms with Gasteiger partial charge in [-0.3, -0.25) is 38.4 Å². The van der Waals surface area contributed by atoms with Gasteiger partial charge in [0.1, 0.15) is 54.1 Å². The molecule has 0 radical (unpaired) electrons. The van der Waals surface area contributed by atoms with Crippen molar-refractivity contribution in [3.8, 4) is 0 Å². The molecular formula is C51H76N8O9S. The Labute approximate surface area is 411 Å². The van der Waals surface area contributed by atoms with Crippen LogP contribution in [-0.2, 0) is 62.4 Å². The van der Waals surface area contributed by atoms with Gasteiger partial charge < -0.3 is 46.7 Å². The lowest BCUT2D eigenvalue weighted by Gasteiger charge is -2.32. The van der Waals surface area contributed by atoms with Gasteiger partial charge in [0.2, 0.25) is 47.3 Å². The minimum Gasteiger partial charge on any atom is -0.617 e. The number of amides is 8.